The van der Waals surface area contributed by atoms with Gasteiger partial charge >= 0.3 is 0 Å². The van der Waals surface area contributed by atoms with Crippen LogP contribution in [0.2, 0.25) is 0 Å². The zero-order valence-corrected chi connectivity index (χ0v) is 17.7. The summed E-state index contributed by atoms with van der Waals surface area (Å²) in [6.07, 6.45) is 10.5. The number of halogens is 1. The van der Waals surface area contributed by atoms with Gasteiger partial charge in [-0.2, -0.15) is 5.10 Å². The first-order valence-electron chi connectivity index (χ1n) is 10.5. The minimum Gasteiger partial charge on any atom is -0.348 e. The molecular weight excluding hydrogens is 419 g/mol. The fourth-order valence-electron chi connectivity index (χ4n) is 3.76. The van der Waals surface area contributed by atoms with Gasteiger partial charge in [0.15, 0.2) is 5.82 Å². The van der Waals surface area contributed by atoms with E-state index in [1.54, 1.807) is 47.7 Å². The smallest absolute Gasteiger partial charge is 0.256 e. The number of hydrogen-bond acceptors (Lipinski definition) is 3. The Kier molecular flexibility index (Phi) is 5.55. The number of carbonyl (C=O) groups excluding carboxylic acids is 1. The Labute approximate surface area is 189 Å². The average Bonchev–Trinajstić information content (AvgIpc) is 3.60. The van der Waals surface area contributed by atoms with E-state index in [1.165, 1.54) is 16.9 Å². The Bertz CT molecular complexity index is 1370. The number of hydrogen-bond donors (Lipinski definition) is 1. The molecule has 0 aliphatic heterocycles. The first kappa shape index (κ1) is 20.4. The standard InChI is InChI=1S/C25H21FN6O/c26-22-9-3-4-10-23(22)32-25(31-12-5-6-13-31)21(16-29-32)24(33)28-15-19-7-1-2-8-20(19)17-30-14-11-27-18-30/h1-14,16,18H,15,17H2,(H,28,33). The number of rotatable bonds is 7. The van der Waals surface area contributed by atoms with Crippen molar-refractivity contribution in [3.8, 4) is 11.5 Å². The molecule has 7 nitrogen and oxygen atoms in total. The highest BCUT2D eigenvalue weighted by molar-refractivity contribution is 5.97. The van der Waals surface area contributed by atoms with Crippen molar-refractivity contribution in [3.05, 3.63) is 120 Å². The van der Waals surface area contributed by atoms with Crippen molar-refractivity contribution in [1.82, 2.24) is 29.2 Å². The van der Waals surface area contributed by atoms with Gasteiger partial charge in [-0.25, -0.2) is 14.1 Å². The highest BCUT2D eigenvalue weighted by Crippen LogP contribution is 2.22. The van der Waals surface area contributed by atoms with Crippen LogP contribution < -0.4 is 5.32 Å². The van der Waals surface area contributed by atoms with Gasteiger partial charge in [0.2, 0.25) is 0 Å². The lowest BCUT2D eigenvalue weighted by atomic mass is 10.1. The van der Waals surface area contributed by atoms with Gasteiger partial charge in [0, 0.05) is 37.9 Å². The van der Waals surface area contributed by atoms with Gasteiger partial charge in [-0.3, -0.25) is 4.79 Å². The number of benzene rings is 2. The van der Waals surface area contributed by atoms with E-state index >= 15 is 0 Å². The lowest BCUT2D eigenvalue weighted by Crippen LogP contribution is -2.25. The number of nitrogens with zero attached hydrogens (tertiary/aromatic N) is 5. The summed E-state index contributed by atoms with van der Waals surface area (Å²) in [5.74, 6) is -0.248. The van der Waals surface area contributed by atoms with E-state index in [9.17, 15) is 9.18 Å². The predicted octanol–water partition coefficient (Wildman–Crippen LogP) is 3.98. The largest absolute Gasteiger partial charge is 0.348 e. The summed E-state index contributed by atoms with van der Waals surface area (Å²) in [4.78, 5) is 17.3. The van der Waals surface area contributed by atoms with Gasteiger partial charge in [-0.05, 0) is 35.4 Å². The molecule has 2 aromatic carbocycles. The Morgan fingerprint density at radius 2 is 1.70 bits per heavy atom. The molecule has 1 N–H and O–H groups in total. The minimum absolute atomic E-state index is 0.269. The van der Waals surface area contributed by atoms with Crippen LogP contribution in [-0.2, 0) is 13.1 Å². The third kappa shape index (κ3) is 4.18. The highest BCUT2D eigenvalue weighted by Gasteiger charge is 2.21. The number of carbonyl (C=O) groups is 1. The summed E-state index contributed by atoms with van der Waals surface area (Å²) in [5.41, 5.74) is 2.71. The van der Waals surface area contributed by atoms with E-state index in [2.05, 4.69) is 15.4 Å². The fraction of sp³-hybridized carbons (Fsp3) is 0.0800. The van der Waals surface area contributed by atoms with E-state index in [0.29, 0.717) is 24.5 Å². The number of aromatic nitrogens is 5. The Morgan fingerprint density at radius 1 is 0.939 bits per heavy atom. The summed E-state index contributed by atoms with van der Waals surface area (Å²) < 4.78 is 19.7. The van der Waals surface area contributed by atoms with Crippen molar-refractivity contribution in [2.24, 2.45) is 0 Å². The number of nitrogens with one attached hydrogen (secondary N) is 1. The van der Waals surface area contributed by atoms with Crippen LogP contribution in [0.4, 0.5) is 4.39 Å². The molecule has 3 heterocycles. The summed E-state index contributed by atoms with van der Waals surface area (Å²) in [7, 11) is 0. The molecule has 164 valence electrons. The molecule has 0 radical (unpaired) electrons. The number of para-hydroxylation sites is 1. The molecule has 0 fully saturated rings. The van der Waals surface area contributed by atoms with Gasteiger partial charge in [0.25, 0.3) is 5.91 Å². The first-order chi connectivity index (χ1) is 16.2. The molecule has 3 aromatic heterocycles. The van der Waals surface area contributed by atoms with Crippen molar-refractivity contribution in [2.45, 2.75) is 13.1 Å². The third-order valence-electron chi connectivity index (χ3n) is 5.39. The second-order valence-corrected chi connectivity index (χ2v) is 7.52. The number of imidazole rings is 1. The molecule has 0 unspecified atom stereocenters. The number of amides is 1. The minimum atomic E-state index is -0.422. The quantitative estimate of drug-likeness (QED) is 0.416. The maximum Gasteiger partial charge on any atom is 0.256 e. The van der Waals surface area contributed by atoms with E-state index in [4.69, 9.17) is 0 Å². The Balaban J connectivity index is 1.43. The lowest BCUT2D eigenvalue weighted by molar-refractivity contribution is 0.0951. The summed E-state index contributed by atoms with van der Waals surface area (Å²) in [6.45, 7) is 1.01. The van der Waals surface area contributed by atoms with E-state index in [-0.39, 0.29) is 11.6 Å². The van der Waals surface area contributed by atoms with Gasteiger partial charge in [0.05, 0.1) is 12.5 Å². The van der Waals surface area contributed by atoms with Crippen LogP contribution in [0.15, 0.2) is 98.0 Å². The van der Waals surface area contributed by atoms with Crippen LogP contribution in [0, 0.1) is 5.82 Å². The third-order valence-corrected chi connectivity index (χ3v) is 5.39. The second-order valence-electron chi connectivity index (χ2n) is 7.52. The maximum atomic E-state index is 14.5. The molecule has 33 heavy (non-hydrogen) atoms. The molecule has 1 amide bonds. The molecule has 5 rings (SSSR count). The molecule has 0 saturated heterocycles. The van der Waals surface area contributed by atoms with Crippen LogP contribution in [-0.4, -0.2) is 29.8 Å². The molecule has 0 saturated carbocycles. The maximum absolute atomic E-state index is 14.5. The topological polar surface area (TPSA) is 69.7 Å². The molecule has 0 aliphatic rings. The van der Waals surface area contributed by atoms with Crippen LogP contribution in [0.25, 0.3) is 11.5 Å². The Morgan fingerprint density at radius 3 is 2.45 bits per heavy atom. The van der Waals surface area contributed by atoms with Crippen molar-refractivity contribution in [2.75, 3.05) is 0 Å². The summed E-state index contributed by atoms with van der Waals surface area (Å²) >= 11 is 0. The van der Waals surface area contributed by atoms with Gasteiger partial charge in [-0.1, -0.05) is 36.4 Å². The molecular formula is C25H21FN6O. The molecule has 5 aromatic rings. The normalized spacial score (nSPS) is 10.9. The lowest BCUT2D eigenvalue weighted by Gasteiger charge is -2.13. The van der Waals surface area contributed by atoms with Crippen LogP contribution in [0.3, 0.4) is 0 Å². The van der Waals surface area contributed by atoms with Crippen molar-refractivity contribution in [1.29, 1.82) is 0 Å². The van der Waals surface area contributed by atoms with Crippen molar-refractivity contribution in [3.63, 3.8) is 0 Å². The predicted molar refractivity (Wildman–Crippen MR) is 122 cm³/mol. The van der Waals surface area contributed by atoms with E-state index < -0.39 is 5.82 Å². The zero-order valence-electron chi connectivity index (χ0n) is 17.7. The van der Waals surface area contributed by atoms with Crippen molar-refractivity contribution >= 4 is 5.91 Å². The van der Waals surface area contributed by atoms with Crippen molar-refractivity contribution < 1.29 is 9.18 Å². The first-order valence-corrected chi connectivity index (χ1v) is 10.5. The van der Waals surface area contributed by atoms with Crippen LogP contribution in [0.5, 0.6) is 0 Å². The molecule has 0 bridgehead atoms. The van der Waals surface area contributed by atoms with Gasteiger partial charge < -0.3 is 14.5 Å². The SMILES string of the molecule is O=C(NCc1ccccc1Cn1ccnc1)c1cnn(-c2ccccc2F)c1-n1cccc1. The van der Waals surface area contributed by atoms with E-state index in [1.807, 2.05) is 47.2 Å². The Hall–Kier alpha value is -4.46. The van der Waals surface area contributed by atoms with Gasteiger partial charge in [-0.15, -0.1) is 0 Å². The van der Waals surface area contributed by atoms with Crippen LogP contribution in [0.1, 0.15) is 21.5 Å². The monoisotopic (exact) mass is 440 g/mol. The fourth-order valence-corrected chi connectivity index (χ4v) is 3.76. The van der Waals surface area contributed by atoms with Crippen LogP contribution >= 0.6 is 0 Å². The second kappa shape index (κ2) is 8.96. The summed E-state index contributed by atoms with van der Waals surface area (Å²) in [6, 6.07) is 18.0. The average molecular weight is 440 g/mol. The molecule has 0 spiro atoms. The van der Waals surface area contributed by atoms with Gasteiger partial charge in [0.1, 0.15) is 17.1 Å². The zero-order chi connectivity index (χ0) is 22.6. The molecule has 0 atom stereocenters. The molecule has 0 aliphatic carbocycles. The van der Waals surface area contributed by atoms with E-state index in [0.717, 1.165) is 11.1 Å². The highest BCUT2D eigenvalue weighted by atomic mass is 19.1. The summed E-state index contributed by atoms with van der Waals surface area (Å²) in [5, 5.41) is 7.32. The molecule has 8 heteroatoms.